The van der Waals surface area contributed by atoms with Crippen LogP contribution in [0.15, 0.2) is 35.2 Å². The van der Waals surface area contributed by atoms with E-state index in [2.05, 4.69) is 33.7 Å². The SMILES string of the molecule is Cc1cc(/C=C2\SC(=O)N(C)C2=O)c(C)n1-c1ccc(N(C)C)cc1. The van der Waals surface area contributed by atoms with Gasteiger partial charge in [-0.3, -0.25) is 14.5 Å². The van der Waals surface area contributed by atoms with Crippen molar-refractivity contribution < 1.29 is 9.59 Å². The van der Waals surface area contributed by atoms with Gasteiger partial charge < -0.3 is 9.47 Å². The summed E-state index contributed by atoms with van der Waals surface area (Å²) in [5.74, 6) is -0.241. The molecular formula is C19H21N3O2S. The number of carbonyl (C=O) groups excluding carboxylic acids is 2. The summed E-state index contributed by atoms with van der Waals surface area (Å²) >= 11 is 0.985. The molecule has 1 fully saturated rings. The van der Waals surface area contributed by atoms with E-state index in [9.17, 15) is 9.59 Å². The van der Waals surface area contributed by atoms with Gasteiger partial charge in [0, 0.05) is 43.9 Å². The molecule has 2 heterocycles. The van der Waals surface area contributed by atoms with Crippen molar-refractivity contribution in [2.45, 2.75) is 13.8 Å². The van der Waals surface area contributed by atoms with Crippen LogP contribution in [0.25, 0.3) is 11.8 Å². The molecule has 0 radical (unpaired) electrons. The normalized spacial score (nSPS) is 16.2. The highest BCUT2D eigenvalue weighted by molar-refractivity contribution is 8.18. The number of aryl methyl sites for hydroxylation is 1. The lowest BCUT2D eigenvalue weighted by molar-refractivity contribution is -0.121. The van der Waals surface area contributed by atoms with E-state index < -0.39 is 0 Å². The molecule has 1 aromatic heterocycles. The Balaban J connectivity index is 1.99. The molecule has 130 valence electrons. The smallest absolute Gasteiger partial charge is 0.293 e. The van der Waals surface area contributed by atoms with Crippen molar-refractivity contribution in [3.8, 4) is 5.69 Å². The van der Waals surface area contributed by atoms with E-state index in [0.717, 1.165) is 45.0 Å². The van der Waals surface area contributed by atoms with E-state index in [1.807, 2.05) is 34.0 Å². The zero-order chi connectivity index (χ0) is 18.3. The van der Waals surface area contributed by atoms with Gasteiger partial charge in [0.05, 0.1) is 4.91 Å². The predicted molar refractivity (Wildman–Crippen MR) is 103 cm³/mol. The lowest BCUT2D eigenvalue weighted by Gasteiger charge is -2.14. The summed E-state index contributed by atoms with van der Waals surface area (Å²) in [5.41, 5.74) is 5.29. The topological polar surface area (TPSA) is 45.6 Å². The Morgan fingerprint density at radius 1 is 1.08 bits per heavy atom. The second kappa shape index (κ2) is 6.44. The first kappa shape index (κ1) is 17.4. The maximum Gasteiger partial charge on any atom is 0.293 e. The van der Waals surface area contributed by atoms with Crippen LogP contribution in [0.1, 0.15) is 17.0 Å². The number of benzene rings is 1. The standard InChI is InChI=1S/C19H21N3O2S/c1-12-10-14(11-17-18(23)21(5)19(24)25-17)13(2)22(12)16-8-6-15(7-9-16)20(3)4/h6-11H,1-5H3/b17-11-. The number of rotatable bonds is 3. The van der Waals surface area contributed by atoms with E-state index in [1.54, 1.807) is 6.08 Å². The number of amides is 2. The predicted octanol–water partition coefficient (Wildman–Crippen LogP) is 3.83. The zero-order valence-electron chi connectivity index (χ0n) is 15.0. The number of imide groups is 1. The van der Waals surface area contributed by atoms with Crippen molar-refractivity contribution in [1.82, 2.24) is 9.47 Å². The summed E-state index contributed by atoms with van der Waals surface area (Å²) in [6.07, 6.45) is 1.81. The third-order valence-corrected chi connectivity index (χ3v) is 5.33. The molecule has 1 saturated heterocycles. The molecule has 0 saturated carbocycles. The second-order valence-corrected chi connectivity index (χ2v) is 7.31. The summed E-state index contributed by atoms with van der Waals surface area (Å²) in [5, 5.41) is -0.232. The summed E-state index contributed by atoms with van der Waals surface area (Å²) in [4.78, 5) is 27.4. The Morgan fingerprint density at radius 3 is 2.24 bits per heavy atom. The number of anilines is 1. The molecule has 1 aromatic carbocycles. The van der Waals surface area contributed by atoms with Crippen molar-refractivity contribution in [1.29, 1.82) is 0 Å². The molecule has 2 aromatic rings. The highest BCUT2D eigenvalue weighted by Crippen LogP contribution is 2.32. The van der Waals surface area contributed by atoms with Crippen LogP contribution < -0.4 is 4.90 Å². The maximum absolute atomic E-state index is 12.1. The maximum atomic E-state index is 12.1. The van der Waals surface area contributed by atoms with Crippen LogP contribution >= 0.6 is 11.8 Å². The van der Waals surface area contributed by atoms with Gasteiger partial charge in [-0.15, -0.1) is 0 Å². The van der Waals surface area contributed by atoms with Gasteiger partial charge in [-0.2, -0.15) is 0 Å². The molecule has 25 heavy (non-hydrogen) atoms. The Kier molecular flexibility index (Phi) is 4.47. The number of likely N-dealkylation sites (N-methyl/N-ethyl adjacent to an activating group) is 1. The van der Waals surface area contributed by atoms with Crippen LogP contribution in [0.3, 0.4) is 0 Å². The van der Waals surface area contributed by atoms with Crippen molar-refractivity contribution in [3.05, 3.63) is 52.2 Å². The van der Waals surface area contributed by atoms with Gasteiger partial charge in [0.1, 0.15) is 0 Å². The molecule has 6 heteroatoms. The first-order chi connectivity index (χ1) is 11.8. The fourth-order valence-corrected chi connectivity index (χ4v) is 3.74. The molecule has 1 aliphatic heterocycles. The van der Waals surface area contributed by atoms with Gasteiger partial charge in [-0.1, -0.05) is 0 Å². The van der Waals surface area contributed by atoms with Crippen molar-refractivity contribution >= 4 is 34.7 Å². The van der Waals surface area contributed by atoms with Crippen molar-refractivity contribution in [2.75, 3.05) is 26.0 Å². The highest BCUT2D eigenvalue weighted by Gasteiger charge is 2.32. The largest absolute Gasteiger partial charge is 0.378 e. The molecule has 0 unspecified atom stereocenters. The van der Waals surface area contributed by atoms with Gasteiger partial charge in [0.15, 0.2) is 0 Å². The van der Waals surface area contributed by atoms with E-state index in [1.165, 1.54) is 7.05 Å². The van der Waals surface area contributed by atoms with Crippen molar-refractivity contribution in [3.63, 3.8) is 0 Å². The van der Waals surface area contributed by atoms with E-state index >= 15 is 0 Å². The van der Waals surface area contributed by atoms with Crippen LogP contribution in [-0.2, 0) is 4.79 Å². The Morgan fingerprint density at radius 2 is 1.72 bits per heavy atom. The number of carbonyl (C=O) groups is 2. The van der Waals surface area contributed by atoms with Crippen LogP contribution in [-0.4, -0.2) is 41.8 Å². The minimum Gasteiger partial charge on any atom is -0.378 e. The minimum absolute atomic E-state index is 0.232. The van der Waals surface area contributed by atoms with Gasteiger partial charge in [-0.05, 0) is 67.6 Å². The average Bonchev–Trinajstić information content (AvgIpc) is 2.98. The van der Waals surface area contributed by atoms with E-state index in [4.69, 9.17) is 0 Å². The number of hydrogen-bond acceptors (Lipinski definition) is 4. The molecule has 0 spiro atoms. The lowest BCUT2D eigenvalue weighted by Crippen LogP contribution is -2.22. The van der Waals surface area contributed by atoms with Gasteiger partial charge in [0.25, 0.3) is 11.1 Å². The van der Waals surface area contributed by atoms with E-state index in [0.29, 0.717) is 4.91 Å². The molecule has 5 nitrogen and oxygen atoms in total. The molecule has 2 amide bonds. The van der Waals surface area contributed by atoms with Gasteiger partial charge in [0.2, 0.25) is 0 Å². The monoisotopic (exact) mass is 355 g/mol. The number of thioether (sulfide) groups is 1. The Bertz CT molecular complexity index is 879. The van der Waals surface area contributed by atoms with Crippen LogP contribution in [0.5, 0.6) is 0 Å². The quantitative estimate of drug-likeness (QED) is 0.785. The first-order valence-corrected chi connectivity index (χ1v) is 8.79. The van der Waals surface area contributed by atoms with Crippen LogP contribution in [0.2, 0.25) is 0 Å². The number of nitrogens with zero attached hydrogens (tertiary/aromatic N) is 3. The van der Waals surface area contributed by atoms with Crippen LogP contribution in [0.4, 0.5) is 10.5 Å². The third-order valence-electron chi connectivity index (χ3n) is 4.37. The lowest BCUT2D eigenvalue weighted by atomic mass is 10.2. The molecule has 0 N–H and O–H groups in total. The molecular weight excluding hydrogens is 334 g/mol. The number of hydrogen-bond donors (Lipinski definition) is 0. The van der Waals surface area contributed by atoms with Gasteiger partial charge in [-0.25, -0.2) is 0 Å². The van der Waals surface area contributed by atoms with Gasteiger partial charge >= 0.3 is 0 Å². The summed E-state index contributed by atoms with van der Waals surface area (Å²) < 4.78 is 2.15. The average molecular weight is 355 g/mol. The van der Waals surface area contributed by atoms with E-state index in [-0.39, 0.29) is 11.1 Å². The number of aromatic nitrogens is 1. The summed E-state index contributed by atoms with van der Waals surface area (Å²) in [6, 6.07) is 10.4. The highest BCUT2D eigenvalue weighted by atomic mass is 32.2. The molecule has 0 bridgehead atoms. The molecule has 0 atom stereocenters. The minimum atomic E-state index is -0.241. The zero-order valence-corrected chi connectivity index (χ0v) is 15.8. The van der Waals surface area contributed by atoms with Crippen molar-refractivity contribution in [2.24, 2.45) is 0 Å². The fraction of sp³-hybridized carbons (Fsp3) is 0.263. The summed E-state index contributed by atoms with van der Waals surface area (Å²) in [6.45, 7) is 4.06. The summed E-state index contributed by atoms with van der Waals surface area (Å²) in [7, 11) is 5.54. The van der Waals surface area contributed by atoms with Crippen LogP contribution in [0, 0.1) is 13.8 Å². The third kappa shape index (κ3) is 3.09. The molecule has 1 aliphatic rings. The second-order valence-electron chi connectivity index (χ2n) is 6.31. The first-order valence-electron chi connectivity index (χ1n) is 7.98. The molecule has 3 rings (SSSR count). The fourth-order valence-electron chi connectivity index (χ4n) is 2.92. The Hall–Kier alpha value is -2.47. The molecule has 0 aliphatic carbocycles. The Labute approximate surface area is 151 Å².